The van der Waals surface area contributed by atoms with Gasteiger partial charge in [-0.15, -0.1) is 0 Å². The van der Waals surface area contributed by atoms with Gasteiger partial charge in [-0.2, -0.15) is 0 Å². The van der Waals surface area contributed by atoms with Crippen molar-refractivity contribution in [3.05, 3.63) is 143 Å². The molecule has 0 N–H and O–H groups in total. The van der Waals surface area contributed by atoms with Crippen molar-refractivity contribution in [3.63, 3.8) is 0 Å². The van der Waals surface area contributed by atoms with E-state index in [1.807, 2.05) is 78.9 Å². The van der Waals surface area contributed by atoms with Gasteiger partial charge in [0.1, 0.15) is 0 Å². The highest BCUT2D eigenvalue weighted by Crippen LogP contribution is 2.45. The normalized spacial score (nSPS) is 11.1. The minimum absolute atomic E-state index is 0.578. The third-order valence-corrected chi connectivity index (χ3v) is 5.06. The zero-order valence-corrected chi connectivity index (χ0v) is 14.9. The lowest BCUT2D eigenvalue weighted by Crippen LogP contribution is -2.32. The van der Waals surface area contributed by atoms with Crippen molar-refractivity contribution < 1.29 is 4.79 Å². The molecule has 4 aromatic carbocycles. The first-order chi connectivity index (χ1) is 13.4. The molecule has 1 radical (unpaired) electrons. The van der Waals surface area contributed by atoms with Crippen LogP contribution in [0.5, 0.6) is 0 Å². The average Bonchev–Trinajstić information content (AvgIpc) is 2.77. The Bertz CT molecular complexity index is 925. The van der Waals surface area contributed by atoms with Crippen LogP contribution in [-0.2, 0) is 10.2 Å². The molecule has 0 aliphatic rings. The fourth-order valence-electron chi connectivity index (χ4n) is 3.93. The Morgan fingerprint density at radius 1 is 0.481 bits per heavy atom. The molecule has 4 aromatic rings. The van der Waals surface area contributed by atoms with Gasteiger partial charge < -0.3 is 0 Å². The zero-order valence-electron chi connectivity index (χ0n) is 14.9. The summed E-state index contributed by atoms with van der Waals surface area (Å²) in [6.45, 7) is 0. The van der Waals surface area contributed by atoms with Crippen molar-refractivity contribution in [1.29, 1.82) is 0 Å². The summed E-state index contributed by atoms with van der Waals surface area (Å²) in [5.41, 5.74) is 4.26. The smallest absolute Gasteiger partial charge is 0.233 e. The van der Waals surface area contributed by atoms with Crippen molar-refractivity contribution in [1.82, 2.24) is 0 Å². The third kappa shape index (κ3) is 2.88. The fourth-order valence-corrected chi connectivity index (χ4v) is 3.93. The SMILES string of the molecule is O=[C]c1ccccc1C(c1ccccc1)(c1ccccc1)c1ccccc1. The molecule has 0 atom stereocenters. The minimum atomic E-state index is -0.599. The van der Waals surface area contributed by atoms with Crippen LogP contribution in [0.2, 0.25) is 0 Å². The number of rotatable bonds is 5. The number of benzene rings is 4. The van der Waals surface area contributed by atoms with Crippen molar-refractivity contribution in [2.75, 3.05) is 0 Å². The predicted octanol–water partition coefficient (Wildman–Crippen LogP) is 5.53. The van der Waals surface area contributed by atoms with Crippen LogP contribution in [0.25, 0.3) is 0 Å². The van der Waals surface area contributed by atoms with E-state index in [2.05, 4.69) is 42.7 Å². The zero-order chi connectivity index (χ0) is 18.5. The van der Waals surface area contributed by atoms with E-state index < -0.39 is 5.41 Å². The highest BCUT2D eigenvalue weighted by Gasteiger charge is 2.39. The lowest BCUT2D eigenvalue weighted by molar-refractivity contribution is 0.561. The highest BCUT2D eigenvalue weighted by atomic mass is 16.1. The molecule has 129 valence electrons. The van der Waals surface area contributed by atoms with Crippen LogP contribution in [0.4, 0.5) is 0 Å². The van der Waals surface area contributed by atoms with Crippen LogP contribution in [0.3, 0.4) is 0 Å². The predicted molar refractivity (Wildman–Crippen MR) is 110 cm³/mol. The maximum absolute atomic E-state index is 11.8. The van der Waals surface area contributed by atoms with E-state index in [9.17, 15) is 4.79 Å². The second kappa shape index (κ2) is 7.43. The summed E-state index contributed by atoms with van der Waals surface area (Å²) >= 11 is 0. The fraction of sp³-hybridized carbons (Fsp3) is 0.0385. The molecule has 0 bridgehead atoms. The molecular weight excluding hydrogens is 328 g/mol. The largest absolute Gasteiger partial charge is 0.285 e. The highest BCUT2D eigenvalue weighted by molar-refractivity contribution is 5.81. The van der Waals surface area contributed by atoms with E-state index >= 15 is 0 Å². The van der Waals surface area contributed by atoms with Gasteiger partial charge in [0, 0.05) is 5.56 Å². The Hall–Kier alpha value is -3.45. The minimum Gasteiger partial charge on any atom is -0.285 e. The Kier molecular flexibility index (Phi) is 4.67. The summed E-state index contributed by atoms with van der Waals surface area (Å²) in [5.74, 6) is 0. The molecule has 0 saturated heterocycles. The Morgan fingerprint density at radius 3 is 1.26 bits per heavy atom. The van der Waals surface area contributed by atoms with E-state index in [-0.39, 0.29) is 0 Å². The van der Waals surface area contributed by atoms with Crippen LogP contribution in [0.15, 0.2) is 115 Å². The van der Waals surface area contributed by atoms with Crippen LogP contribution >= 0.6 is 0 Å². The van der Waals surface area contributed by atoms with E-state index in [1.54, 1.807) is 0 Å². The second-order valence-corrected chi connectivity index (χ2v) is 6.50. The van der Waals surface area contributed by atoms with Crippen molar-refractivity contribution in [2.24, 2.45) is 0 Å². The van der Waals surface area contributed by atoms with E-state index in [1.165, 1.54) is 0 Å². The topological polar surface area (TPSA) is 17.1 Å². The molecule has 4 rings (SSSR count). The van der Waals surface area contributed by atoms with E-state index in [4.69, 9.17) is 0 Å². The van der Waals surface area contributed by atoms with Gasteiger partial charge in [-0.1, -0.05) is 115 Å². The molecule has 0 unspecified atom stereocenters. The van der Waals surface area contributed by atoms with Gasteiger partial charge >= 0.3 is 0 Å². The van der Waals surface area contributed by atoms with Gasteiger partial charge in [0.2, 0.25) is 6.29 Å². The molecule has 0 spiro atoms. The Morgan fingerprint density at radius 2 is 0.852 bits per heavy atom. The Balaban J connectivity index is 2.18. The molecule has 0 heterocycles. The van der Waals surface area contributed by atoms with Gasteiger partial charge in [0.05, 0.1) is 5.41 Å². The number of hydrogen-bond donors (Lipinski definition) is 0. The maximum atomic E-state index is 11.8. The average molecular weight is 347 g/mol. The monoisotopic (exact) mass is 347 g/mol. The van der Waals surface area contributed by atoms with E-state index in [0.717, 1.165) is 22.3 Å². The molecule has 27 heavy (non-hydrogen) atoms. The number of carbonyl (C=O) groups excluding carboxylic acids is 1. The van der Waals surface area contributed by atoms with Gasteiger partial charge in [-0.05, 0) is 22.3 Å². The first kappa shape index (κ1) is 17.0. The second-order valence-electron chi connectivity index (χ2n) is 6.50. The first-order valence-corrected chi connectivity index (χ1v) is 9.01. The van der Waals surface area contributed by atoms with Crippen LogP contribution < -0.4 is 0 Å². The summed E-state index contributed by atoms with van der Waals surface area (Å²) in [5, 5.41) is 0. The summed E-state index contributed by atoms with van der Waals surface area (Å²) in [6.07, 6.45) is 2.16. The van der Waals surface area contributed by atoms with Gasteiger partial charge in [0.25, 0.3) is 0 Å². The lowest BCUT2D eigenvalue weighted by atomic mass is 9.64. The lowest BCUT2D eigenvalue weighted by Gasteiger charge is -2.37. The molecule has 1 nitrogen and oxygen atoms in total. The van der Waals surface area contributed by atoms with Crippen molar-refractivity contribution in [2.45, 2.75) is 5.41 Å². The molecule has 0 aliphatic carbocycles. The van der Waals surface area contributed by atoms with Crippen molar-refractivity contribution >= 4 is 6.29 Å². The summed E-state index contributed by atoms with van der Waals surface area (Å²) in [4.78, 5) is 11.8. The standard InChI is InChI=1S/C26H19O/c27-20-21-12-10-11-19-25(21)26(22-13-4-1-5-14-22,23-15-6-2-7-16-23)24-17-8-3-9-18-24/h1-19H. The first-order valence-electron chi connectivity index (χ1n) is 9.01. The molecule has 0 fully saturated rings. The molecule has 0 saturated carbocycles. The molecule has 0 aromatic heterocycles. The summed E-state index contributed by atoms with van der Waals surface area (Å²) < 4.78 is 0. The van der Waals surface area contributed by atoms with Crippen LogP contribution in [0.1, 0.15) is 27.8 Å². The number of hydrogen-bond acceptors (Lipinski definition) is 1. The molecule has 0 amide bonds. The summed E-state index contributed by atoms with van der Waals surface area (Å²) in [6, 6.07) is 38.8. The third-order valence-electron chi connectivity index (χ3n) is 5.06. The maximum Gasteiger partial charge on any atom is 0.233 e. The van der Waals surface area contributed by atoms with Gasteiger partial charge in [-0.3, -0.25) is 4.79 Å². The molecule has 0 aliphatic heterocycles. The molecule has 1 heteroatoms. The van der Waals surface area contributed by atoms with Crippen molar-refractivity contribution in [3.8, 4) is 0 Å². The van der Waals surface area contributed by atoms with Crippen LogP contribution in [-0.4, -0.2) is 6.29 Å². The van der Waals surface area contributed by atoms with E-state index in [0.29, 0.717) is 5.56 Å². The summed E-state index contributed by atoms with van der Waals surface area (Å²) in [7, 11) is 0. The Labute approximate surface area is 159 Å². The molecular formula is C26H19O. The van der Waals surface area contributed by atoms with Crippen LogP contribution in [0, 0.1) is 0 Å². The van der Waals surface area contributed by atoms with Gasteiger partial charge in [-0.25, -0.2) is 0 Å². The van der Waals surface area contributed by atoms with Gasteiger partial charge in [0.15, 0.2) is 0 Å². The quantitative estimate of drug-likeness (QED) is 0.434.